The number of nitrogens with zero attached hydrogens (tertiary/aromatic N) is 1. The Balaban J connectivity index is 1.90. The minimum Gasteiger partial charge on any atom is -0.314 e. The highest BCUT2D eigenvalue weighted by atomic mass is 14.9. The maximum atomic E-state index is 4.12. The SMILES string of the molecule is c1cncc(CC2CCCCN2)c1. The van der Waals surface area contributed by atoms with Crippen LogP contribution in [0.5, 0.6) is 0 Å². The van der Waals surface area contributed by atoms with E-state index in [9.17, 15) is 0 Å². The molecule has 13 heavy (non-hydrogen) atoms. The molecule has 1 unspecified atom stereocenters. The van der Waals surface area contributed by atoms with Crippen LogP contribution >= 0.6 is 0 Å². The highest BCUT2D eigenvalue weighted by Gasteiger charge is 2.12. The smallest absolute Gasteiger partial charge is 0.0300 e. The van der Waals surface area contributed by atoms with Crippen LogP contribution in [-0.2, 0) is 6.42 Å². The fraction of sp³-hybridized carbons (Fsp3) is 0.545. The summed E-state index contributed by atoms with van der Waals surface area (Å²) in [4.78, 5) is 4.12. The van der Waals surface area contributed by atoms with Crippen LogP contribution in [0.4, 0.5) is 0 Å². The fourth-order valence-corrected chi connectivity index (χ4v) is 1.90. The third-order valence-corrected chi connectivity index (χ3v) is 2.62. The molecule has 0 spiro atoms. The lowest BCUT2D eigenvalue weighted by atomic mass is 9.99. The zero-order valence-corrected chi connectivity index (χ0v) is 7.87. The van der Waals surface area contributed by atoms with E-state index < -0.39 is 0 Å². The summed E-state index contributed by atoms with van der Waals surface area (Å²) in [6.45, 7) is 1.19. The van der Waals surface area contributed by atoms with Crippen LogP contribution in [0.15, 0.2) is 24.5 Å². The Hall–Kier alpha value is -0.890. The van der Waals surface area contributed by atoms with Gasteiger partial charge in [-0.25, -0.2) is 0 Å². The number of aromatic nitrogens is 1. The number of nitrogens with one attached hydrogen (secondary N) is 1. The van der Waals surface area contributed by atoms with Gasteiger partial charge in [-0.1, -0.05) is 12.5 Å². The Morgan fingerprint density at radius 2 is 2.46 bits per heavy atom. The molecule has 0 radical (unpaired) electrons. The first-order valence-electron chi connectivity index (χ1n) is 5.07. The van der Waals surface area contributed by atoms with Gasteiger partial charge >= 0.3 is 0 Å². The Kier molecular flexibility index (Phi) is 2.93. The van der Waals surface area contributed by atoms with E-state index >= 15 is 0 Å². The first-order valence-corrected chi connectivity index (χ1v) is 5.07. The van der Waals surface area contributed by atoms with Crippen molar-refractivity contribution >= 4 is 0 Å². The van der Waals surface area contributed by atoms with Crippen LogP contribution < -0.4 is 5.32 Å². The minimum atomic E-state index is 0.679. The van der Waals surface area contributed by atoms with Crippen molar-refractivity contribution in [3.63, 3.8) is 0 Å². The zero-order valence-electron chi connectivity index (χ0n) is 7.87. The second-order valence-electron chi connectivity index (χ2n) is 3.71. The highest BCUT2D eigenvalue weighted by Crippen LogP contribution is 2.11. The summed E-state index contributed by atoms with van der Waals surface area (Å²) in [7, 11) is 0. The first-order chi connectivity index (χ1) is 6.45. The molecule has 2 nitrogen and oxygen atoms in total. The fourth-order valence-electron chi connectivity index (χ4n) is 1.90. The molecule has 0 saturated carbocycles. The number of piperidine rings is 1. The predicted molar refractivity (Wildman–Crippen MR) is 53.6 cm³/mol. The number of pyridine rings is 1. The van der Waals surface area contributed by atoms with Crippen LogP contribution in [0, 0.1) is 0 Å². The number of hydrogen-bond donors (Lipinski definition) is 1. The van der Waals surface area contributed by atoms with Gasteiger partial charge in [0.15, 0.2) is 0 Å². The third-order valence-electron chi connectivity index (χ3n) is 2.62. The largest absolute Gasteiger partial charge is 0.314 e. The van der Waals surface area contributed by atoms with Crippen molar-refractivity contribution in [1.29, 1.82) is 0 Å². The standard InChI is InChI=1S/C11H16N2/c1-2-7-13-11(5-1)8-10-4-3-6-12-9-10/h3-4,6,9,11,13H,1-2,5,7-8H2. The number of rotatable bonds is 2. The lowest BCUT2D eigenvalue weighted by Gasteiger charge is -2.23. The van der Waals surface area contributed by atoms with Gasteiger partial charge in [0.05, 0.1) is 0 Å². The molecule has 1 aliphatic rings. The van der Waals surface area contributed by atoms with E-state index in [-0.39, 0.29) is 0 Å². The van der Waals surface area contributed by atoms with E-state index in [1.807, 2.05) is 18.5 Å². The third kappa shape index (κ3) is 2.52. The maximum Gasteiger partial charge on any atom is 0.0300 e. The molecule has 2 heteroatoms. The van der Waals surface area contributed by atoms with Crippen LogP contribution in [0.25, 0.3) is 0 Å². The van der Waals surface area contributed by atoms with Crippen molar-refractivity contribution in [2.45, 2.75) is 31.7 Å². The maximum absolute atomic E-state index is 4.12. The van der Waals surface area contributed by atoms with Crippen molar-refractivity contribution in [2.24, 2.45) is 0 Å². The summed E-state index contributed by atoms with van der Waals surface area (Å²) >= 11 is 0. The molecule has 0 bridgehead atoms. The van der Waals surface area contributed by atoms with Gasteiger partial charge in [0, 0.05) is 18.4 Å². The topological polar surface area (TPSA) is 24.9 Å². The van der Waals surface area contributed by atoms with Gasteiger partial charge in [-0.3, -0.25) is 4.98 Å². The van der Waals surface area contributed by atoms with Gasteiger partial charge in [0.2, 0.25) is 0 Å². The van der Waals surface area contributed by atoms with Crippen LogP contribution in [0.3, 0.4) is 0 Å². The molecular formula is C11H16N2. The lowest BCUT2D eigenvalue weighted by Crippen LogP contribution is -2.35. The van der Waals surface area contributed by atoms with Gasteiger partial charge in [-0.05, 0) is 37.4 Å². The van der Waals surface area contributed by atoms with Crippen molar-refractivity contribution in [3.05, 3.63) is 30.1 Å². The van der Waals surface area contributed by atoms with Crippen LogP contribution in [0.2, 0.25) is 0 Å². The van der Waals surface area contributed by atoms with E-state index in [0.29, 0.717) is 6.04 Å². The molecule has 0 aliphatic carbocycles. The van der Waals surface area contributed by atoms with Crippen molar-refractivity contribution in [1.82, 2.24) is 10.3 Å². The van der Waals surface area contributed by atoms with Gasteiger partial charge in [0.25, 0.3) is 0 Å². The van der Waals surface area contributed by atoms with Crippen LogP contribution in [0.1, 0.15) is 24.8 Å². The summed E-state index contributed by atoms with van der Waals surface area (Å²) in [5.41, 5.74) is 1.35. The van der Waals surface area contributed by atoms with Gasteiger partial charge in [-0.15, -0.1) is 0 Å². The second-order valence-corrected chi connectivity index (χ2v) is 3.71. The quantitative estimate of drug-likeness (QED) is 0.742. The van der Waals surface area contributed by atoms with E-state index in [0.717, 1.165) is 6.42 Å². The van der Waals surface area contributed by atoms with Gasteiger partial charge in [0.1, 0.15) is 0 Å². The molecule has 1 saturated heterocycles. The molecule has 1 atom stereocenters. The van der Waals surface area contributed by atoms with Crippen LogP contribution in [-0.4, -0.2) is 17.6 Å². The lowest BCUT2D eigenvalue weighted by molar-refractivity contribution is 0.399. The van der Waals surface area contributed by atoms with Gasteiger partial charge in [-0.2, -0.15) is 0 Å². The normalized spacial score (nSPS) is 22.9. The molecule has 0 aromatic carbocycles. The Labute approximate surface area is 79.4 Å². The Morgan fingerprint density at radius 3 is 3.15 bits per heavy atom. The molecule has 1 aromatic heterocycles. The molecule has 2 rings (SSSR count). The number of hydrogen-bond acceptors (Lipinski definition) is 2. The van der Waals surface area contributed by atoms with Crippen molar-refractivity contribution in [2.75, 3.05) is 6.54 Å². The highest BCUT2D eigenvalue weighted by molar-refractivity contribution is 5.10. The zero-order chi connectivity index (χ0) is 8.93. The summed E-state index contributed by atoms with van der Waals surface area (Å²) in [5.74, 6) is 0. The molecular weight excluding hydrogens is 160 g/mol. The van der Waals surface area contributed by atoms with E-state index in [1.165, 1.54) is 31.4 Å². The first kappa shape index (κ1) is 8.70. The molecule has 1 aliphatic heterocycles. The van der Waals surface area contributed by atoms with E-state index in [2.05, 4.69) is 16.4 Å². The predicted octanol–water partition coefficient (Wildman–Crippen LogP) is 1.77. The van der Waals surface area contributed by atoms with E-state index in [4.69, 9.17) is 0 Å². The minimum absolute atomic E-state index is 0.679. The van der Waals surface area contributed by atoms with Crippen molar-refractivity contribution < 1.29 is 0 Å². The Morgan fingerprint density at radius 1 is 1.46 bits per heavy atom. The summed E-state index contributed by atoms with van der Waals surface area (Å²) in [5, 5.41) is 3.54. The molecule has 1 aromatic rings. The van der Waals surface area contributed by atoms with E-state index in [1.54, 1.807) is 0 Å². The second kappa shape index (κ2) is 4.38. The van der Waals surface area contributed by atoms with Crippen molar-refractivity contribution in [3.8, 4) is 0 Å². The molecule has 1 fully saturated rings. The molecule has 2 heterocycles. The monoisotopic (exact) mass is 176 g/mol. The summed E-state index contributed by atoms with van der Waals surface area (Å²) in [6, 6.07) is 4.85. The van der Waals surface area contributed by atoms with Gasteiger partial charge < -0.3 is 5.32 Å². The average molecular weight is 176 g/mol. The Bertz CT molecular complexity index is 240. The summed E-state index contributed by atoms with van der Waals surface area (Å²) in [6.07, 6.45) is 8.96. The molecule has 1 N–H and O–H groups in total. The molecule has 0 amide bonds. The molecule has 70 valence electrons. The average Bonchev–Trinajstić information content (AvgIpc) is 2.21. The summed E-state index contributed by atoms with van der Waals surface area (Å²) < 4.78 is 0.